The van der Waals surface area contributed by atoms with Crippen LogP contribution in [-0.2, 0) is 19.2 Å². The molecule has 0 radical (unpaired) electrons. The Morgan fingerprint density at radius 3 is 2.69 bits per heavy atom. The number of anilines is 2. The summed E-state index contributed by atoms with van der Waals surface area (Å²) in [5.41, 5.74) is 1.20. The SMILES string of the molecule is O=C1CN(C(=O)CCC(=O)N[C@@H]2CC[C@H](C(=O)O)C2)c2ccccc2N1. The maximum Gasteiger partial charge on any atom is 0.306 e. The lowest BCUT2D eigenvalue weighted by molar-refractivity contribution is -0.141. The largest absolute Gasteiger partial charge is 0.481 e. The summed E-state index contributed by atoms with van der Waals surface area (Å²) in [7, 11) is 0. The monoisotopic (exact) mass is 359 g/mol. The second-order valence-electron chi connectivity index (χ2n) is 6.66. The Bertz CT molecular complexity index is 748. The molecule has 0 bridgehead atoms. The van der Waals surface area contributed by atoms with Gasteiger partial charge in [0.1, 0.15) is 6.54 Å². The number of para-hydroxylation sites is 2. The minimum Gasteiger partial charge on any atom is -0.481 e. The van der Waals surface area contributed by atoms with Crippen molar-refractivity contribution in [3.8, 4) is 0 Å². The lowest BCUT2D eigenvalue weighted by atomic mass is 10.1. The molecule has 3 amide bonds. The Morgan fingerprint density at radius 2 is 1.96 bits per heavy atom. The van der Waals surface area contributed by atoms with E-state index in [9.17, 15) is 19.2 Å². The van der Waals surface area contributed by atoms with E-state index < -0.39 is 11.9 Å². The van der Waals surface area contributed by atoms with Crippen molar-refractivity contribution >= 4 is 35.1 Å². The first-order chi connectivity index (χ1) is 12.4. The Kier molecular flexibility index (Phi) is 5.20. The highest BCUT2D eigenvalue weighted by atomic mass is 16.4. The number of hydrogen-bond donors (Lipinski definition) is 3. The van der Waals surface area contributed by atoms with E-state index in [0.717, 1.165) is 0 Å². The molecular weight excluding hydrogens is 338 g/mol. The average molecular weight is 359 g/mol. The van der Waals surface area contributed by atoms with Gasteiger partial charge in [-0.25, -0.2) is 0 Å². The number of amides is 3. The maximum absolute atomic E-state index is 12.5. The molecule has 0 unspecified atom stereocenters. The fourth-order valence-electron chi connectivity index (χ4n) is 3.45. The first-order valence-corrected chi connectivity index (χ1v) is 8.65. The summed E-state index contributed by atoms with van der Waals surface area (Å²) in [6, 6.07) is 6.87. The highest BCUT2D eigenvalue weighted by Crippen LogP contribution is 2.29. The molecule has 138 valence electrons. The van der Waals surface area contributed by atoms with Crippen molar-refractivity contribution in [2.45, 2.75) is 38.1 Å². The highest BCUT2D eigenvalue weighted by molar-refractivity contribution is 6.10. The van der Waals surface area contributed by atoms with Crippen LogP contribution in [0.5, 0.6) is 0 Å². The Balaban J connectivity index is 1.52. The van der Waals surface area contributed by atoms with E-state index in [0.29, 0.717) is 30.6 Å². The van der Waals surface area contributed by atoms with Crippen LogP contribution in [0.4, 0.5) is 11.4 Å². The van der Waals surface area contributed by atoms with Gasteiger partial charge >= 0.3 is 5.97 Å². The van der Waals surface area contributed by atoms with E-state index in [1.165, 1.54) is 4.90 Å². The van der Waals surface area contributed by atoms with Gasteiger partial charge in [0.15, 0.2) is 0 Å². The third-order valence-electron chi connectivity index (χ3n) is 4.78. The number of aliphatic carboxylic acids is 1. The molecule has 0 aromatic heterocycles. The molecule has 0 spiro atoms. The van der Waals surface area contributed by atoms with E-state index >= 15 is 0 Å². The van der Waals surface area contributed by atoms with Crippen molar-refractivity contribution in [3.05, 3.63) is 24.3 Å². The summed E-state index contributed by atoms with van der Waals surface area (Å²) >= 11 is 0. The number of hydrogen-bond acceptors (Lipinski definition) is 4. The highest BCUT2D eigenvalue weighted by Gasteiger charge is 2.31. The Labute approximate surface area is 150 Å². The number of carbonyl (C=O) groups is 4. The molecule has 2 atom stereocenters. The number of benzene rings is 1. The summed E-state index contributed by atoms with van der Waals surface area (Å²) in [6.45, 7) is -0.0691. The predicted octanol–water partition coefficient (Wildman–Crippen LogP) is 1.12. The van der Waals surface area contributed by atoms with Crippen molar-refractivity contribution in [3.63, 3.8) is 0 Å². The molecule has 8 heteroatoms. The zero-order valence-corrected chi connectivity index (χ0v) is 14.2. The summed E-state index contributed by atoms with van der Waals surface area (Å²) in [4.78, 5) is 48.6. The van der Waals surface area contributed by atoms with Gasteiger partial charge in [-0.3, -0.25) is 19.2 Å². The lowest BCUT2D eigenvalue weighted by Gasteiger charge is -2.29. The van der Waals surface area contributed by atoms with Crippen LogP contribution in [0.2, 0.25) is 0 Å². The number of nitrogens with one attached hydrogen (secondary N) is 2. The van der Waals surface area contributed by atoms with Crippen molar-refractivity contribution in [2.75, 3.05) is 16.8 Å². The van der Waals surface area contributed by atoms with Crippen LogP contribution in [-0.4, -0.2) is 41.4 Å². The van der Waals surface area contributed by atoms with Gasteiger partial charge in [0.2, 0.25) is 17.7 Å². The standard InChI is InChI=1S/C18H21N3O5/c22-15(19-12-6-5-11(9-12)18(25)26)7-8-17(24)21-10-16(23)20-13-3-1-2-4-14(13)21/h1-4,11-12H,5-10H2,(H,19,22)(H,20,23)(H,25,26)/t11-,12+/m0/s1. The molecule has 2 aliphatic rings. The van der Waals surface area contributed by atoms with Crippen molar-refractivity contribution in [1.29, 1.82) is 0 Å². The van der Waals surface area contributed by atoms with E-state index in [1.807, 2.05) is 0 Å². The van der Waals surface area contributed by atoms with Crippen LogP contribution in [0.1, 0.15) is 32.1 Å². The molecule has 3 rings (SSSR count). The number of rotatable bonds is 5. The molecule has 8 nitrogen and oxygen atoms in total. The van der Waals surface area contributed by atoms with Crippen molar-refractivity contribution in [2.24, 2.45) is 5.92 Å². The third-order valence-corrected chi connectivity index (χ3v) is 4.78. The molecular formula is C18H21N3O5. The molecule has 1 heterocycles. The summed E-state index contributed by atoms with van der Waals surface area (Å²) < 4.78 is 0. The van der Waals surface area contributed by atoms with Crippen LogP contribution in [0.15, 0.2) is 24.3 Å². The predicted molar refractivity (Wildman–Crippen MR) is 93.6 cm³/mol. The minimum atomic E-state index is -0.834. The zero-order valence-electron chi connectivity index (χ0n) is 14.2. The van der Waals surface area contributed by atoms with Crippen LogP contribution in [0.25, 0.3) is 0 Å². The van der Waals surface area contributed by atoms with E-state index in [-0.39, 0.29) is 43.1 Å². The number of carboxylic acids is 1. The first-order valence-electron chi connectivity index (χ1n) is 8.65. The van der Waals surface area contributed by atoms with E-state index in [1.54, 1.807) is 24.3 Å². The Hall–Kier alpha value is -2.90. The van der Waals surface area contributed by atoms with Crippen molar-refractivity contribution < 1.29 is 24.3 Å². The van der Waals surface area contributed by atoms with Crippen molar-refractivity contribution in [1.82, 2.24) is 5.32 Å². The van der Waals surface area contributed by atoms with Gasteiger partial charge in [-0.05, 0) is 31.4 Å². The fraction of sp³-hybridized carbons (Fsp3) is 0.444. The van der Waals surface area contributed by atoms with Gasteiger partial charge in [-0.2, -0.15) is 0 Å². The molecule has 1 aliphatic heterocycles. The maximum atomic E-state index is 12.5. The quantitative estimate of drug-likeness (QED) is 0.729. The summed E-state index contributed by atoms with van der Waals surface area (Å²) in [5, 5.41) is 14.5. The molecule has 3 N–H and O–H groups in total. The smallest absolute Gasteiger partial charge is 0.306 e. The number of nitrogens with zero attached hydrogens (tertiary/aromatic N) is 1. The third kappa shape index (κ3) is 4.01. The van der Waals surface area contributed by atoms with Crippen LogP contribution < -0.4 is 15.5 Å². The summed E-state index contributed by atoms with van der Waals surface area (Å²) in [6.07, 6.45) is 1.61. The van der Waals surface area contributed by atoms with Gasteiger partial charge < -0.3 is 20.6 Å². The molecule has 1 aromatic carbocycles. The molecule has 26 heavy (non-hydrogen) atoms. The topological polar surface area (TPSA) is 116 Å². The Morgan fingerprint density at radius 1 is 1.19 bits per heavy atom. The van der Waals surface area contributed by atoms with Gasteiger partial charge in [-0.15, -0.1) is 0 Å². The lowest BCUT2D eigenvalue weighted by Crippen LogP contribution is -2.42. The van der Waals surface area contributed by atoms with Gasteiger partial charge in [0.25, 0.3) is 0 Å². The molecule has 0 saturated heterocycles. The van der Waals surface area contributed by atoms with Crippen LogP contribution in [0, 0.1) is 5.92 Å². The molecule has 1 fully saturated rings. The van der Waals surface area contributed by atoms with Gasteiger partial charge in [0, 0.05) is 18.9 Å². The molecule has 1 saturated carbocycles. The van der Waals surface area contributed by atoms with Crippen LogP contribution in [0.3, 0.4) is 0 Å². The van der Waals surface area contributed by atoms with Gasteiger partial charge in [0.05, 0.1) is 17.3 Å². The second kappa shape index (κ2) is 7.55. The van der Waals surface area contributed by atoms with Crippen LogP contribution >= 0.6 is 0 Å². The van der Waals surface area contributed by atoms with E-state index in [2.05, 4.69) is 10.6 Å². The summed E-state index contributed by atoms with van der Waals surface area (Å²) in [5.74, 6) is -2.09. The number of carbonyl (C=O) groups excluding carboxylic acids is 3. The number of carboxylic acid groups (broad SMARTS) is 1. The van der Waals surface area contributed by atoms with E-state index in [4.69, 9.17) is 5.11 Å². The number of fused-ring (bicyclic) bond motifs is 1. The fourth-order valence-corrected chi connectivity index (χ4v) is 3.45. The van der Waals surface area contributed by atoms with Gasteiger partial charge in [-0.1, -0.05) is 12.1 Å². The molecule has 1 aliphatic carbocycles. The normalized spacial score (nSPS) is 21.7. The first kappa shape index (κ1) is 17.9. The average Bonchev–Trinajstić information content (AvgIpc) is 3.07. The molecule has 1 aromatic rings. The second-order valence-corrected chi connectivity index (χ2v) is 6.66. The zero-order chi connectivity index (χ0) is 18.7. The minimum absolute atomic E-state index is 0.00730.